The molecule has 3 atom stereocenters. The highest BCUT2D eigenvalue weighted by Gasteiger charge is 2.46. The van der Waals surface area contributed by atoms with Crippen LogP contribution in [0.5, 0.6) is 0 Å². The van der Waals surface area contributed by atoms with E-state index < -0.39 is 11.8 Å². The Balaban J connectivity index is 1.80. The molecule has 2 aromatic heterocycles. The van der Waals surface area contributed by atoms with Crippen molar-refractivity contribution < 1.29 is 18.7 Å². The maximum Gasteiger partial charge on any atom is 0.315 e. The first-order chi connectivity index (χ1) is 13.5. The Labute approximate surface area is 168 Å². The van der Waals surface area contributed by atoms with Crippen molar-refractivity contribution in [1.82, 2.24) is 0 Å². The quantitative estimate of drug-likeness (QED) is 0.696. The lowest BCUT2D eigenvalue weighted by Crippen LogP contribution is -2.37. The van der Waals surface area contributed by atoms with Gasteiger partial charge in [-0.15, -0.1) is 11.3 Å². The zero-order valence-electron chi connectivity index (χ0n) is 16.2. The van der Waals surface area contributed by atoms with Crippen LogP contribution >= 0.6 is 11.3 Å². The van der Waals surface area contributed by atoms with Crippen LogP contribution in [0.1, 0.15) is 54.9 Å². The Kier molecular flexibility index (Phi) is 5.06. The van der Waals surface area contributed by atoms with Crippen molar-refractivity contribution in [2.75, 3.05) is 6.61 Å². The molecule has 0 saturated carbocycles. The number of carbonyl (C=O) groups excluding carboxylic acids is 2. The molecule has 1 aliphatic heterocycles. The first-order valence-electron chi connectivity index (χ1n) is 9.57. The zero-order valence-corrected chi connectivity index (χ0v) is 17.0. The van der Waals surface area contributed by atoms with Gasteiger partial charge in [0.1, 0.15) is 17.4 Å². The maximum atomic E-state index is 13.2. The summed E-state index contributed by atoms with van der Waals surface area (Å²) in [5.41, 5.74) is 2.08. The van der Waals surface area contributed by atoms with Crippen molar-refractivity contribution in [3.63, 3.8) is 0 Å². The number of hydrogen-bond donors (Lipinski definition) is 0. The summed E-state index contributed by atoms with van der Waals surface area (Å²) in [4.78, 5) is 31.9. The van der Waals surface area contributed by atoms with Gasteiger partial charge in [0, 0.05) is 34.2 Å². The molecule has 146 valence electrons. The number of aliphatic imine (C=N–C) groups is 1. The second-order valence-corrected chi connectivity index (χ2v) is 8.29. The Morgan fingerprint density at radius 1 is 1.29 bits per heavy atom. The van der Waals surface area contributed by atoms with Gasteiger partial charge in [-0.05, 0) is 50.8 Å². The van der Waals surface area contributed by atoms with Crippen LogP contribution in [0.15, 0.2) is 50.3 Å². The molecule has 0 radical (unpaired) electrons. The number of rotatable bonds is 4. The average molecular weight is 397 g/mol. The van der Waals surface area contributed by atoms with E-state index in [4.69, 9.17) is 14.1 Å². The van der Waals surface area contributed by atoms with Gasteiger partial charge >= 0.3 is 5.97 Å². The number of nitrogens with zero attached hydrogens (tertiary/aromatic N) is 1. The molecule has 2 aromatic rings. The minimum atomic E-state index is -0.633. The van der Waals surface area contributed by atoms with Crippen LogP contribution in [-0.2, 0) is 14.3 Å². The second-order valence-electron chi connectivity index (χ2n) is 7.31. The Morgan fingerprint density at radius 3 is 2.75 bits per heavy atom. The number of furan rings is 1. The highest BCUT2D eigenvalue weighted by Crippen LogP contribution is 2.47. The van der Waals surface area contributed by atoms with Gasteiger partial charge in [-0.3, -0.25) is 14.6 Å². The third-order valence-electron chi connectivity index (χ3n) is 5.44. The Hall–Kier alpha value is -2.47. The fraction of sp³-hybridized carbons (Fsp3) is 0.409. The highest BCUT2D eigenvalue weighted by atomic mass is 32.1. The number of thiophene rings is 1. The predicted octanol–water partition coefficient (Wildman–Crippen LogP) is 4.79. The minimum Gasteiger partial charge on any atom is -0.466 e. The standard InChI is InChI=1S/C22H23NO4S/c1-4-26-22(25)19-13(3)23-15-10-14(18-6-5-9-28-18)11-16(24)20(15)21(19)17-8-7-12(2)27-17/h5-9,14,19,21H,4,10-11H2,1-3H3/t14-,19?,21+/m0/s1. The van der Waals surface area contributed by atoms with E-state index in [1.807, 2.05) is 37.4 Å². The largest absolute Gasteiger partial charge is 0.466 e. The molecule has 3 heterocycles. The van der Waals surface area contributed by atoms with Crippen molar-refractivity contribution in [2.24, 2.45) is 10.9 Å². The highest BCUT2D eigenvalue weighted by molar-refractivity contribution is 7.10. The minimum absolute atomic E-state index is 0.0456. The van der Waals surface area contributed by atoms with Gasteiger partial charge in [-0.1, -0.05) is 6.07 Å². The molecule has 0 spiro atoms. The summed E-state index contributed by atoms with van der Waals surface area (Å²) in [5, 5.41) is 2.03. The summed E-state index contributed by atoms with van der Waals surface area (Å²) in [7, 11) is 0. The van der Waals surface area contributed by atoms with Gasteiger partial charge in [0.25, 0.3) is 0 Å². The molecule has 5 nitrogen and oxygen atoms in total. The fourth-order valence-corrected chi connectivity index (χ4v) is 5.08. The maximum absolute atomic E-state index is 13.2. The predicted molar refractivity (Wildman–Crippen MR) is 108 cm³/mol. The number of carbonyl (C=O) groups is 2. The lowest BCUT2D eigenvalue weighted by atomic mass is 9.71. The lowest BCUT2D eigenvalue weighted by molar-refractivity contribution is -0.146. The van der Waals surface area contributed by atoms with Crippen LogP contribution in [0, 0.1) is 12.8 Å². The summed E-state index contributed by atoms with van der Waals surface area (Å²) in [6.07, 6.45) is 1.13. The summed E-state index contributed by atoms with van der Waals surface area (Å²) in [6, 6.07) is 7.80. The Bertz CT molecular complexity index is 967. The van der Waals surface area contributed by atoms with Crippen LogP contribution in [0.2, 0.25) is 0 Å². The zero-order chi connectivity index (χ0) is 19.8. The smallest absolute Gasteiger partial charge is 0.315 e. The van der Waals surface area contributed by atoms with Crippen LogP contribution in [0.25, 0.3) is 0 Å². The van der Waals surface area contributed by atoms with Crippen LogP contribution in [0.3, 0.4) is 0 Å². The first kappa shape index (κ1) is 18.9. The molecule has 0 N–H and O–H groups in total. The second kappa shape index (κ2) is 7.51. The van der Waals surface area contributed by atoms with E-state index in [-0.39, 0.29) is 24.3 Å². The number of ketones is 1. The molecule has 0 aromatic carbocycles. The van der Waals surface area contributed by atoms with Gasteiger partial charge in [-0.25, -0.2) is 0 Å². The lowest BCUT2D eigenvalue weighted by Gasteiger charge is -2.35. The van der Waals surface area contributed by atoms with E-state index in [2.05, 4.69) is 6.07 Å². The Morgan fingerprint density at radius 2 is 2.11 bits per heavy atom. The van der Waals surface area contributed by atoms with Crippen LogP contribution < -0.4 is 0 Å². The molecule has 0 saturated heterocycles. The fourth-order valence-electron chi connectivity index (χ4n) is 4.25. The van der Waals surface area contributed by atoms with Crippen molar-refractivity contribution >= 4 is 28.8 Å². The molecule has 1 unspecified atom stereocenters. The van der Waals surface area contributed by atoms with E-state index in [1.165, 1.54) is 4.88 Å². The molecular weight excluding hydrogens is 374 g/mol. The normalized spacial score (nSPS) is 24.8. The van der Waals surface area contributed by atoms with E-state index in [1.54, 1.807) is 18.3 Å². The monoisotopic (exact) mass is 397 g/mol. The number of esters is 1. The van der Waals surface area contributed by atoms with Gasteiger partial charge in [0.15, 0.2) is 5.78 Å². The number of Topliss-reactive ketones (excluding diaryl/α,β-unsaturated/α-hetero) is 1. The SMILES string of the molecule is CCOC(=O)C1C(C)=NC2=C(C(=O)C[C@@H](c3cccs3)C2)[C@@H]1c1ccc(C)o1. The topological polar surface area (TPSA) is 68.9 Å². The number of ether oxygens (including phenoxy) is 1. The molecule has 28 heavy (non-hydrogen) atoms. The van der Waals surface area contributed by atoms with Crippen molar-refractivity contribution in [2.45, 2.75) is 45.4 Å². The van der Waals surface area contributed by atoms with Crippen LogP contribution in [0.4, 0.5) is 0 Å². The molecule has 0 amide bonds. The van der Waals surface area contributed by atoms with Crippen molar-refractivity contribution in [1.29, 1.82) is 0 Å². The number of aryl methyl sites for hydroxylation is 1. The van der Waals surface area contributed by atoms with Gasteiger partial charge in [0.2, 0.25) is 0 Å². The van der Waals surface area contributed by atoms with E-state index in [0.717, 1.165) is 11.5 Å². The summed E-state index contributed by atoms with van der Waals surface area (Å²) >= 11 is 1.67. The van der Waals surface area contributed by atoms with E-state index in [0.29, 0.717) is 29.9 Å². The third kappa shape index (κ3) is 3.26. The molecule has 0 fully saturated rings. The van der Waals surface area contributed by atoms with Crippen LogP contribution in [-0.4, -0.2) is 24.1 Å². The average Bonchev–Trinajstić information content (AvgIpc) is 3.32. The molecule has 2 aliphatic rings. The van der Waals surface area contributed by atoms with Gasteiger partial charge in [-0.2, -0.15) is 0 Å². The molecular formula is C22H23NO4S. The number of allylic oxidation sites excluding steroid dienone is 2. The van der Waals surface area contributed by atoms with Gasteiger partial charge in [0.05, 0.1) is 12.5 Å². The van der Waals surface area contributed by atoms with Crippen molar-refractivity contribution in [3.8, 4) is 0 Å². The number of hydrogen-bond acceptors (Lipinski definition) is 6. The van der Waals surface area contributed by atoms with Gasteiger partial charge < -0.3 is 9.15 Å². The molecule has 4 rings (SSSR count). The molecule has 6 heteroatoms. The summed E-state index contributed by atoms with van der Waals surface area (Å²) < 4.78 is 11.2. The molecule has 0 bridgehead atoms. The van der Waals surface area contributed by atoms with E-state index >= 15 is 0 Å². The van der Waals surface area contributed by atoms with Crippen molar-refractivity contribution in [3.05, 3.63) is 57.3 Å². The molecule has 1 aliphatic carbocycles. The third-order valence-corrected chi connectivity index (χ3v) is 6.48. The summed E-state index contributed by atoms with van der Waals surface area (Å²) in [6.45, 7) is 5.76. The van der Waals surface area contributed by atoms with E-state index in [9.17, 15) is 9.59 Å². The first-order valence-corrected chi connectivity index (χ1v) is 10.4. The summed E-state index contributed by atoms with van der Waals surface area (Å²) in [5.74, 6) is 0.0936.